The molecule has 0 unspecified atom stereocenters. The van der Waals surface area contributed by atoms with Crippen molar-refractivity contribution in [3.8, 4) is 0 Å². The zero-order valence-electron chi connectivity index (χ0n) is 11.3. The predicted molar refractivity (Wildman–Crippen MR) is 73.9 cm³/mol. The van der Waals surface area contributed by atoms with Gasteiger partial charge in [-0.05, 0) is 38.2 Å². The van der Waals surface area contributed by atoms with Gasteiger partial charge < -0.3 is 15.8 Å². The van der Waals surface area contributed by atoms with E-state index in [4.69, 9.17) is 10.5 Å². The molecule has 0 bridgehead atoms. The van der Waals surface area contributed by atoms with Crippen LogP contribution in [0.4, 0.5) is 5.69 Å². The molecule has 2 rings (SSSR count). The number of nitrogens with one attached hydrogen (secondary N) is 1. The summed E-state index contributed by atoms with van der Waals surface area (Å²) in [5.41, 5.74) is 7.50. The molecule has 5 heteroatoms. The minimum atomic E-state index is -0.174. The van der Waals surface area contributed by atoms with Crippen LogP contribution in [0.2, 0.25) is 0 Å². The number of carbonyl (C=O) groups excluding carboxylic acids is 1. The molecule has 0 aliphatic heterocycles. The smallest absolute Gasteiger partial charge is 0.254 e. The summed E-state index contributed by atoms with van der Waals surface area (Å²) in [6, 6.07) is 1.70. The fourth-order valence-corrected chi connectivity index (χ4v) is 1.78. The zero-order valence-corrected chi connectivity index (χ0v) is 11.3. The summed E-state index contributed by atoms with van der Waals surface area (Å²) in [5, 5.41) is 2.82. The third kappa shape index (κ3) is 4.52. The highest BCUT2D eigenvalue weighted by Crippen LogP contribution is 2.28. The van der Waals surface area contributed by atoms with E-state index in [1.54, 1.807) is 6.07 Å². The summed E-state index contributed by atoms with van der Waals surface area (Å²) in [6.07, 6.45) is 4.94. The van der Waals surface area contributed by atoms with Gasteiger partial charge in [0.2, 0.25) is 0 Å². The fraction of sp³-hybridized carbons (Fsp3) is 0.571. The summed E-state index contributed by atoms with van der Waals surface area (Å²) in [6.45, 7) is 3.99. The second-order valence-corrected chi connectivity index (χ2v) is 5.04. The lowest BCUT2D eigenvalue weighted by Gasteiger charge is -2.08. The van der Waals surface area contributed by atoms with Gasteiger partial charge in [-0.15, -0.1) is 0 Å². The maximum Gasteiger partial charge on any atom is 0.254 e. The lowest BCUT2D eigenvalue weighted by atomic mass is 10.2. The van der Waals surface area contributed by atoms with Crippen molar-refractivity contribution >= 4 is 11.6 Å². The van der Waals surface area contributed by atoms with E-state index in [9.17, 15) is 4.79 Å². The number of hydrogen-bond donors (Lipinski definition) is 2. The van der Waals surface area contributed by atoms with Crippen molar-refractivity contribution in [2.24, 2.45) is 5.92 Å². The predicted octanol–water partition coefficient (Wildman–Crippen LogP) is 1.52. The van der Waals surface area contributed by atoms with E-state index < -0.39 is 0 Å². The van der Waals surface area contributed by atoms with Crippen molar-refractivity contribution in [1.29, 1.82) is 0 Å². The molecule has 0 atom stereocenters. The Morgan fingerprint density at radius 1 is 1.58 bits per heavy atom. The maximum absolute atomic E-state index is 11.9. The second-order valence-electron chi connectivity index (χ2n) is 5.04. The fourth-order valence-electron chi connectivity index (χ4n) is 1.78. The highest BCUT2D eigenvalue weighted by molar-refractivity contribution is 5.98. The number of hydrogen-bond acceptors (Lipinski definition) is 4. The topological polar surface area (TPSA) is 77.2 Å². The SMILES string of the molecule is Cc1cc(N)c(C(=O)NCCCOCC2CC2)cn1. The van der Waals surface area contributed by atoms with Crippen LogP contribution in [0.5, 0.6) is 0 Å². The molecule has 1 amide bonds. The van der Waals surface area contributed by atoms with Crippen LogP contribution in [0.1, 0.15) is 35.3 Å². The van der Waals surface area contributed by atoms with Gasteiger partial charge >= 0.3 is 0 Å². The lowest BCUT2D eigenvalue weighted by molar-refractivity contribution is 0.0938. The van der Waals surface area contributed by atoms with Crippen molar-refractivity contribution in [3.05, 3.63) is 23.5 Å². The largest absolute Gasteiger partial charge is 0.398 e. The monoisotopic (exact) mass is 263 g/mol. The molecule has 0 radical (unpaired) electrons. The molecule has 1 aromatic heterocycles. The number of nitrogen functional groups attached to an aromatic ring is 1. The molecule has 1 aliphatic rings. The molecule has 1 saturated carbocycles. The minimum Gasteiger partial charge on any atom is -0.398 e. The number of anilines is 1. The van der Waals surface area contributed by atoms with E-state index in [0.29, 0.717) is 24.4 Å². The molecule has 1 aromatic rings. The molecule has 104 valence electrons. The Morgan fingerprint density at radius 2 is 2.37 bits per heavy atom. The van der Waals surface area contributed by atoms with Crippen LogP contribution in [0, 0.1) is 12.8 Å². The van der Waals surface area contributed by atoms with Crippen LogP contribution >= 0.6 is 0 Å². The molecule has 0 saturated heterocycles. The van der Waals surface area contributed by atoms with Crippen LogP contribution < -0.4 is 11.1 Å². The lowest BCUT2D eigenvalue weighted by Crippen LogP contribution is -2.26. The summed E-state index contributed by atoms with van der Waals surface area (Å²) in [7, 11) is 0. The number of carbonyl (C=O) groups is 1. The number of nitrogens with zero attached hydrogens (tertiary/aromatic N) is 1. The third-order valence-corrected chi connectivity index (χ3v) is 3.12. The molecule has 3 N–H and O–H groups in total. The summed E-state index contributed by atoms with van der Waals surface area (Å²) in [5.74, 6) is 0.611. The van der Waals surface area contributed by atoms with Crippen molar-refractivity contribution in [2.45, 2.75) is 26.2 Å². The van der Waals surface area contributed by atoms with E-state index in [-0.39, 0.29) is 5.91 Å². The highest BCUT2D eigenvalue weighted by atomic mass is 16.5. The van der Waals surface area contributed by atoms with E-state index in [1.165, 1.54) is 19.0 Å². The van der Waals surface area contributed by atoms with Gasteiger partial charge in [-0.1, -0.05) is 0 Å². The molecule has 0 aromatic carbocycles. The van der Waals surface area contributed by atoms with Gasteiger partial charge in [0.05, 0.1) is 5.56 Å². The number of aromatic nitrogens is 1. The quantitative estimate of drug-likeness (QED) is 0.731. The van der Waals surface area contributed by atoms with Crippen LogP contribution in [-0.4, -0.2) is 30.6 Å². The molecule has 1 heterocycles. The highest BCUT2D eigenvalue weighted by Gasteiger charge is 2.20. The van der Waals surface area contributed by atoms with Crippen molar-refractivity contribution in [2.75, 3.05) is 25.5 Å². The first-order valence-corrected chi connectivity index (χ1v) is 6.75. The molecular weight excluding hydrogens is 242 g/mol. The van der Waals surface area contributed by atoms with E-state index in [2.05, 4.69) is 10.3 Å². The Labute approximate surface area is 113 Å². The van der Waals surface area contributed by atoms with Gasteiger partial charge in [-0.25, -0.2) is 0 Å². The van der Waals surface area contributed by atoms with Gasteiger partial charge in [-0.2, -0.15) is 0 Å². The van der Waals surface area contributed by atoms with Crippen molar-refractivity contribution in [3.63, 3.8) is 0 Å². The number of nitrogens with two attached hydrogens (primary N) is 1. The third-order valence-electron chi connectivity index (χ3n) is 3.12. The molecule has 19 heavy (non-hydrogen) atoms. The van der Waals surface area contributed by atoms with Crippen LogP contribution in [0.3, 0.4) is 0 Å². The normalized spacial score (nSPS) is 14.4. The van der Waals surface area contributed by atoms with E-state index in [0.717, 1.165) is 24.6 Å². The van der Waals surface area contributed by atoms with Gasteiger partial charge in [0.1, 0.15) is 0 Å². The molecule has 1 fully saturated rings. The van der Waals surface area contributed by atoms with Crippen LogP contribution in [0.15, 0.2) is 12.3 Å². The first-order valence-electron chi connectivity index (χ1n) is 6.75. The number of ether oxygens (including phenoxy) is 1. The molecular formula is C14H21N3O2. The number of rotatable bonds is 7. The van der Waals surface area contributed by atoms with Crippen LogP contribution in [-0.2, 0) is 4.74 Å². The van der Waals surface area contributed by atoms with Gasteiger partial charge in [0.15, 0.2) is 0 Å². The standard InChI is InChI=1S/C14H21N3O2/c1-10-7-13(15)12(8-17-10)14(18)16-5-2-6-19-9-11-3-4-11/h7-8,11H,2-6,9H2,1H3,(H2,15,17)(H,16,18). The Balaban J connectivity index is 1.65. The van der Waals surface area contributed by atoms with Crippen molar-refractivity contribution in [1.82, 2.24) is 10.3 Å². The molecule has 1 aliphatic carbocycles. The van der Waals surface area contributed by atoms with Gasteiger partial charge in [0, 0.05) is 37.3 Å². The number of pyridine rings is 1. The average molecular weight is 263 g/mol. The maximum atomic E-state index is 11.9. The van der Waals surface area contributed by atoms with Gasteiger partial charge in [0.25, 0.3) is 5.91 Å². The molecule has 0 spiro atoms. The Bertz CT molecular complexity index is 444. The second kappa shape index (κ2) is 6.52. The number of amides is 1. The van der Waals surface area contributed by atoms with Crippen LogP contribution in [0.25, 0.3) is 0 Å². The Morgan fingerprint density at radius 3 is 3.05 bits per heavy atom. The Kier molecular flexibility index (Phi) is 4.74. The average Bonchev–Trinajstić information content (AvgIpc) is 3.17. The summed E-state index contributed by atoms with van der Waals surface area (Å²) in [4.78, 5) is 15.9. The zero-order chi connectivity index (χ0) is 13.7. The molecule has 5 nitrogen and oxygen atoms in total. The first kappa shape index (κ1) is 13.8. The number of aryl methyl sites for hydroxylation is 1. The van der Waals surface area contributed by atoms with E-state index in [1.807, 2.05) is 6.92 Å². The van der Waals surface area contributed by atoms with Gasteiger partial charge in [-0.3, -0.25) is 9.78 Å². The summed E-state index contributed by atoms with van der Waals surface area (Å²) < 4.78 is 5.50. The Hall–Kier alpha value is -1.62. The van der Waals surface area contributed by atoms with Crippen molar-refractivity contribution < 1.29 is 9.53 Å². The summed E-state index contributed by atoms with van der Waals surface area (Å²) >= 11 is 0. The van der Waals surface area contributed by atoms with E-state index >= 15 is 0 Å². The first-order chi connectivity index (χ1) is 9.16. The minimum absolute atomic E-state index is 0.174.